The molecule has 0 amide bonds. The normalized spacial score (nSPS) is 16.4. The molecule has 0 unspecified atom stereocenters. The fourth-order valence-electron chi connectivity index (χ4n) is 2.66. The number of thiocarbonyl (C=S) groups is 1. The smallest absolute Gasteiger partial charge is 0.161 e. The summed E-state index contributed by atoms with van der Waals surface area (Å²) in [5.41, 5.74) is 9.07. The van der Waals surface area contributed by atoms with Gasteiger partial charge in [0.15, 0.2) is 5.82 Å². The molecule has 0 aliphatic carbocycles. The number of aryl methyl sites for hydroxylation is 1. The van der Waals surface area contributed by atoms with Gasteiger partial charge in [-0.15, -0.1) is 5.10 Å². The third kappa shape index (κ3) is 2.91. The van der Waals surface area contributed by atoms with Crippen molar-refractivity contribution in [1.29, 1.82) is 0 Å². The molecule has 2 rings (SSSR count). The van der Waals surface area contributed by atoms with Crippen LogP contribution in [0.2, 0.25) is 0 Å². The molecule has 0 radical (unpaired) electrons. The van der Waals surface area contributed by atoms with Crippen molar-refractivity contribution in [2.45, 2.75) is 26.7 Å². The minimum Gasteiger partial charge on any atom is -0.389 e. The maximum absolute atomic E-state index is 5.98. The van der Waals surface area contributed by atoms with Crippen LogP contribution in [0.3, 0.4) is 0 Å². The average Bonchev–Trinajstić information content (AvgIpc) is 2.46. The summed E-state index contributed by atoms with van der Waals surface area (Å²) in [6.45, 7) is 8.13. The predicted molar refractivity (Wildman–Crippen MR) is 86.4 cm³/mol. The molecule has 0 bridgehead atoms. The highest BCUT2D eigenvalue weighted by Crippen LogP contribution is 2.24. The van der Waals surface area contributed by atoms with Crippen LogP contribution in [0.15, 0.2) is 0 Å². The fraction of sp³-hybridized carbons (Fsp3) is 0.643. The van der Waals surface area contributed by atoms with Crippen LogP contribution in [0.1, 0.15) is 30.7 Å². The third-order valence-electron chi connectivity index (χ3n) is 3.88. The summed E-state index contributed by atoms with van der Waals surface area (Å²) >= 11 is 5.28. The Bertz CT molecular complexity index is 495. The molecular weight excluding hydrogens is 270 g/mol. The molecule has 6 heteroatoms. The van der Waals surface area contributed by atoms with Gasteiger partial charge in [0.25, 0.3) is 0 Å². The van der Waals surface area contributed by atoms with Gasteiger partial charge in [0, 0.05) is 26.2 Å². The molecule has 2 heterocycles. The van der Waals surface area contributed by atoms with Crippen LogP contribution >= 0.6 is 12.2 Å². The largest absolute Gasteiger partial charge is 0.389 e. The average molecular weight is 293 g/mol. The van der Waals surface area contributed by atoms with Crippen LogP contribution in [-0.4, -0.2) is 53.3 Å². The van der Waals surface area contributed by atoms with E-state index in [4.69, 9.17) is 18.0 Å². The van der Waals surface area contributed by atoms with Gasteiger partial charge in [0.05, 0.1) is 11.3 Å². The van der Waals surface area contributed by atoms with Crippen LogP contribution in [0.4, 0.5) is 5.82 Å². The lowest BCUT2D eigenvalue weighted by atomic mass is 10.0. The van der Waals surface area contributed by atoms with Gasteiger partial charge in [0.2, 0.25) is 0 Å². The van der Waals surface area contributed by atoms with E-state index in [-0.39, 0.29) is 0 Å². The van der Waals surface area contributed by atoms with Gasteiger partial charge in [-0.3, -0.25) is 0 Å². The third-order valence-corrected chi connectivity index (χ3v) is 4.08. The number of piperazine rings is 1. The van der Waals surface area contributed by atoms with Gasteiger partial charge in [0.1, 0.15) is 4.99 Å². The maximum atomic E-state index is 5.98. The lowest BCUT2D eigenvalue weighted by Crippen LogP contribution is -2.45. The molecule has 1 saturated heterocycles. The highest BCUT2D eigenvalue weighted by atomic mass is 32.1. The number of anilines is 1. The molecule has 0 aromatic carbocycles. The van der Waals surface area contributed by atoms with E-state index in [0.717, 1.165) is 61.7 Å². The Morgan fingerprint density at radius 3 is 2.30 bits per heavy atom. The van der Waals surface area contributed by atoms with Crippen LogP contribution in [0.25, 0.3) is 0 Å². The minimum atomic E-state index is 0.431. The first-order chi connectivity index (χ1) is 9.58. The summed E-state index contributed by atoms with van der Waals surface area (Å²) in [6, 6.07) is 0. The molecule has 0 saturated carbocycles. The monoisotopic (exact) mass is 293 g/mol. The molecule has 1 aliphatic rings. The highest BCUT2D eigenvalue weighted by Gasteiger charge is 2.23. The van der Waals surface area contributed by atoms with Crippen LogP contribution in [0, 0.1) is 0 Å². The molecule has 1 aliphatic heterocycles. The predicted octanol–water partition coefficient (Wildman–Crippen LogP) is 0.987. The minimum absolute atomic E-state index is 0.431. The van der Waals surface area contributed by atoms with E-state index < -0.39 is 0 Å². The van der Waals surface area contributed by atoms with E-state index in [1.165, 1.54) is 0 Å². The number of hydrogen-bond donors (Lipinski definition) is 1. The summed E-state index contributed by atoms with van der Waals surface area (Å²) in [6.07, 6.45) is 1.74. The summed E-state index contributed by atoms with van der Waals surface area (Å²) in [7, 11) is 2.13. The second-order valence-electron chi connectivity index (χ2n) is 5.19. The molecule has 20 heavy (non-hydrogen) atoms. The van der Waals surface area contributed by atoms with E-state index in [1.54, 1.807) is 0 Å². The van der Waals surface area contributed by atoms with E-state index >= 15 is 0 Å². The molecule has 1 fully saturated rings. The van der Waals surface area contributed by atoms with E-state index in [2.05, 4.69) is 40.9 Å². The van der Waals surface area contributed by atoms with Crippen molar-refractivity contribution in [2.24, 2.45) is 5.73 Å². The second-order valence-corrected chi connectivity index (χ2v) is 5.63. The van der Waals surface area contributed by atoms with Crippen LogP contribution < -0.4 is 10.6 Å². The SMILES string of the molecule is CCc1nnc(N2CCN(C)CC2)c(C(N)=S)c1CC. The zero-order chi connectivity index (χ0) is 14.7. The molecule has 110 valence electrons. The topological polar surface area (TPSA) is 58.3 Å². The lowest BCUT2D eigenvalue weighted by Gasteiger charge is -2.34. The molecule has 0 spiro atoms. The summed E-state index contributed by atoms with van der Waals surface area (Å²) in [5, 5.41) is 8.80. The first-order valence-electron chi connectivity index (χ1n) is 7.20. The number of likely N-dealkylation sites (N-methyl/N-ethyl adjacent to an activating group) is 1. The van der Waals surface area contributed by atoms with Crippen molar-refractivity contribution in [3.05, 3.63) is 16.8 Å². The highest BCUT2D eigenvalue weighted by molar-refractivity contribution is 7.80. The van der Waals surface area contributed by atoms with Crippen LogP contribution in [0.5, 0.6) is 0 Å². The molecular formula is C14H23N5S. The molecule has 2 N–H and O–H groups in total. The van der Waals surface area contributed by atoms with E-state index in [0.29, 0.717) is 4.99 Å². The molecule has 5 nitrogen and oxygen atoms in total. The summed E-state index contributed by atoms with van der Waals surface area (Å²) in [4.78, 5) is 4.99. The second kappa shape index (κ2) is 6.45. The Kier molecular flexibility index (Phi) is 4.88. The molecule has 1 aromatic heterocycles. The van der Waals surface area contributed by atoms with Gasteiger partial charge >= 0.3 is 0 Å². The van der Waals surface area contributed by atoms with Crippen molar-refractivity contribution in [2.75, 3.05) is 38.1 Å². The number of aromatic nitrogens is 2. The summed E-state index contributed by atoms with van der Waals surface area (Å²) < 4.78 is 0. The Balaban J connectivity index is 2.44. The van der Waals surface area contributed by atoms with Crippen LogP contribution in [-0.2, 0) is 12.8 Å². The van der Waals surface area contributed by atoms with Crippen molar-refractivity contribution >= 4 is 23.0 Å². The summed E-state index contributed by atoms with van der Waals surface area (Å²) in [5.74, 6) is 0.861. The number of nitrogens with two attached hydrogens (primary N) is 1. The Labute approximate surface area is 126 Å². The zero-order valence-corrected chi connectivity index (χ0v) is 13.3. The zero-order valence-electron chi connectivity index (χ0n) is 12.5. The van der Waals surface area contributed by atoms with Crippen molar-refractivity contribution in [3.8, 4) is 0 Å². The van der Waals surface area contributed by atoms with Gasteiger partial charge in [-0.05, 0) is 25.5 Å². The first-order valence-corrected chi connectivity index (χ1v) is 7.61. The van der Waals surface area contributed by atoms with Gasteiger partial charge in [-0.2, -0.15) is 5.10 Å². The van der Waals surface area contributed by atoms with Gasteiger partial charge < -0.3 is 15.5 Å². The Morgan fingerprint density at radius 1 is 1.15 bits per heavy atom. The van der Waals surface area contributed by atoms with Crippen molar-refractivity contribution in [1.82, 2.24) is 15.1 Å². The Morgan fingerprint density at radius 2 is 1.80 bits per heavy atom. The van der Waals surface area contributed by atoms with Gasteiger partial charge in [-0.1, -0.05) is 26.1 Å². The lowest BCUT2D eigenvalue weighted by molar-refractivity contribution is 0.311. The quantitative estimate of drug-likeness (QED) is 0.836. The van der Waals surface area contributed by atoms with Crippen molar-refractivity contribution < 1.29 is 0 Å². The van der Waals surface area contributed by atoms with E-state index in [9.17, 15) is 0 Å². The standard InChI is InChI=1S/C14H23N5S/c1-4-10-11(5-2)16-17-14(12(10)13(15)20)19-8-6-18(3)7-9-19/h4-9H2,1-3H3,(H2,15,20). The van der Waals surface area contributed by atoms with Crippen molar-refractivity contribution in [3.63, 3.8) is 0 Å². The number of rotatable bonds is 4. The molecule has 0 atom stereocenters. The fourth-order valence-corrected chi connectivity index (χ4v) is 2.88. The molecule has 1 aromatic rings. The number of nitrogens with zero attached hydrogens (tertiary/aromatic N) is 4. The Hall–Kier alpha value is -1.27. The van der Waals surface area contributed by atoms with E-state index in [1.807, 2.05) is 0 Å². The first kappa shape index (κ1) is 15.1. The van der Waals surface area contributed by atoms with Gasteiger partial charge in [-0.25, -0.2) is 0 Å². The number of hydrogen-bond acceptors (Lipinski definition) is 5. The maximum Gasteiger partial charge on any atom is 0.161 e.